The van der Waals surface area contributed by atoms with Crippen LogP contribution in [0.25, 0.3) is 11.0 Å². The van der Waals surface area contributed by atoms with Gasteiger partial charge >= 0.3 is 0 Å². The van der Waals surface area contributed by atoms with Crippen molar-refractivity contribution in [2.45, 2.75) is 0 Å². The van der Waals surface area contributed by atoms with Crippen LogP contribution < -0.4 is 5.43 Å². The molecule has 0 amide bonds. The number of halogens is 2. The second kappa shape index (κ2) is 3.48. The molecule has 2 rings (SSSR count). The average molecular weight is 268 g/mol. The second-order valence-corrected chi connectivity index (χ2v) is 3.71. The topological polar surface area (TPSA) is 54.0 Å². The Bertz CT molecular complexity index is 642. The Morgan fingerprint density at radius 1 is 1.47 bits per heavy atom. The summed E-state index contributed by atoms with van der Waals surface area (Å²) in [7, 11) is 0. The van der Waals surface area contributed by atoms with Gasteiger partial charge in [-0.2, -0.15) is 5.26 Å². The predicted molar refractivity (Wildman–Crippen MR) is 54.9 cm³/mol. The van der Waals surface area contributed by atoms with Crippen LogP contribution in [0.5, 0.6) is 0 Å². The molecule has 74 valence electrons. The van der Waals surface area contributed by atoms with E-state index < -0.39 is 11.2 Å². The summed E-state index contributed by atoms with van der Waals surface area (Å²) in [5.74, 6) is -0.518. The van der Waals surface area contributed by atoms with Gasteiger partial charge in [-0.05, 0) is 22.0 Å². The molecule has 0 radical (unpaired) electrons. The van der Waals surface area contributed by atoms with Crippen molar-refractivity contribution >= 4 is 26.9 Å². The molecule has 0 N–H and O–H groups in total. The molecule has 1 aromatic carbocycles. The summed E-state index contributed by atoms with van der Waals surface area (Å²) >= 11 is 2.96. The monoisotopic (exact) mass is 267 g/mol. The van der Waals surface area contributed by atoms with E-state index >= 15 is 0 Å². The van der Waals surface area contributed by atoms with E-state index in [1.165, 1.54) is 6.07 Å². The standard InChI is InChI=1S/C10H3BrFNO2/c11-7-1-6-9(2-8(7)12)15-4-5(3-13)10(6)14/h1-2,4H. The summed E-state index contributed by atoms with van der Waals surface area (Å²) in [6.07, 6.45) is 1.03. The quantitative estimate of drug-likeness (QED) is 0.737. The van der Waals surface area contributed by atoms with Gasteiger partial charge in [-0.25, -0.2) is 4.39 Å². The number of benzene rings is 1. The highest BCUT2D eigenvalue weighted by Gasteiger charge is 2.09. The van der Waals surface area contributed by atoms with Crippen molar-refractivity contribution in [3.63, 3.8) is 0 Å². The van der Waals surface area contributed by atoms with Crippen molar-refractivity contribution in [1.29, 1.82) is 5.26 Å². The van der Waals surface area contributed by atoms with Crippen molar-refractivity contribution < 1.29 is 8.81 Å². The fourth-order valence-corrected chi connectivity index (χ4v) is 1.55. The molecule has 0 bridgehead atoms. The molecule has 0 aliphatic rings. The van der Waals surface area contributed by atoms with Crippen LogP contribution in [0.1, 0.15) is 5.56 Å². The number of rotatable bonds is 0. The van der Waals surface area contributed by atoms with Crippen LogP contribution in [0.2, 0.25) is 0 Å². The molecule has 0 saturated carbocycles. The summed E-state index contributed by atoms with van der Waals surface area (Å²) in [6.45, 7) is 0. The van der Waals surface area contributed by atoms with Crippen LogP contribution in [0.3, 0.4) is 0 Å². The number of hydrogen-bond donors (Lipinski definition) is 0. The van der Waals surface area contributed by atoms with E-state index in [4.69, 9.17) is 9.68 Å². The van der Waals surface area contributed by atoms with Gasteiger partial charge in [0, 0.05) is 6.07 Å². The van der Waals surface area contributed by atoms with E-state index in [1.54, 1.807) is 6.07 Å². The van der Waals surface area contributed by atoms with E-state index in [0.717, 1.165) is 12.3 Å². The zero-order valence-electron chi connectivity index (χ0n) is 7.25. The van der Waals surface area contributed by atoms with E-state index in [-0.39, 0.29) is 21.0 Å². The highest BCUT2D eigenvalue weighted by Crippen LogP contribution is 2.21. The van der Waals surface area contributed by atoms with Gasteiger partial charge in [0.05, 0.1) is 9.86 Å². The largest absolute Gasteiger partial charge is 0.463 e. The van der Waals surface area contributed by atoms with Crippen LogP contribution in [0, 0.1) is 17.1 Å². The number of nitriles is 1. The molecule has 1 heterocycles. The maximum Gasteiger partial charge on any atom is 0.210 e. The zero-order chi connectivity index (χ0) is 11.0. The van der Waals surface area contributed by atoms with Gasteiger partial charge in [0.15, 0.2) is 0 Å². The number of hydrogen-bond acceptors (Lipinski definition) is 3. The Kier molecular flexibility index (Phi) is 2.29. The molecule has 5 heteroatoms. The maximum absolute atomic E-state index is 13.1. The highest BCUT2D eigenvalue weighted by atomic mass is 79.9. The van der Waals surface area contributed by atoms with Crippen molar-refractivity contribution in [3.05, 3.63) is 44.5 Å². The smallest absolute Gasteiger partial charge is 0.210 e. The summed E-state index contributed by atoms with van der Waals surface area (Å²) in [6, 6.07) is 4.11. The highest BCUT2D eigenvalue weighted by molar-refractivity contribution is 9.10. The molecule has 0 unspecified atom stereocenters. The molecule has 2 aromatic rings. The van der Waals surface area contributed by atoms with Crippen LogP contribution in [0.4, 0.5) is 4.39 Å². The molecular formula is C10H3BrFNO2. The molecule has 0 fully saturated rings. The molecule has 15 heavy (non-hydrogen) atoms. The summed E-state index contributed by atoms with van der Waals surface area (Å²) in [5, 5.41) is 8.79. The van der Waals surface area contributed by atoms with Crippen molar-refractivity contribution in [2.75, 3.05) is 0 Å². The van der Waals surface area contributed by atoms with Gasteiger partial charge in [0.25, 0.3) is 0 Å². The molecular weight excluding hydrogens is 265 g/mol. The van der Waals surface area contributed by atoms with E-state index in [2.05, 4.69) is 15.9 Å². The average Bonchev–Trinajstić information content (AvgIpc) is 2.22. The Hall–Kier alpha value is -1.67. The molecule has 0 saturated heterocycles. The third-order valence-electron chi connectivity index (χ3n) is 1.94. The minimum atomic E-state index is -0.518. The van der Waals surface area contributed by atoms with Crippen LogP contribution in [-0.2, 0) is 0 Å². The van der Waals surface area contributed by atoms with Gasteiger partial charge in [0.2, 0.25) is 5.43 Å². The van der Waals surface area contributed by atoms with Gasteiger partial charge in [-0.15, -0.1) is 0 Å². The van der Waals surface area contributed by atoms with Crippen LogP contribution >= 0.6 is 15.9 Å². The lowest BCUT2D eigenvalue weighted by atomic mass is 10.2. The number of nitrogens with zero attached hydrogens (tertiary/aromatic N) is 1. The third kappa shape index (κ3) is 1.53. The molecule has 0 aliphatic carbocycles. The Labute approximate surface area is 91.9 Å². The van der Waals surface area contributed by atoms with Gasteiger partial charge in [-0.3, -0.25) is 4.79 Å². The second-order valence-electron chi connectivity index (χ2n) is 2.85. The molecule has 0 spiro atoms. The maximum atomic E-state index is 13.1. The molecule has 0 aliphatic heterocycles. The van der Waals surface area contributed by atoms with Crippen molar-refractivity contribution in [2.24, 2.45) is 0 Å². The SMILES string of the molecule is N#Cc1coc2cc(F)c(Br)cc2c1=O. The summed E-state index contributed by atoms with van der Waals surface area (Å²) < 4.78 is 18.2. The Balaban J connectivity index is 2.96. The van der Waals surface area contributed by atoms with Gasteiger partial charge < -0.3 is 4.42 Å². The van der Waals surface area contributed by atoms with Crippen molar-refractivity contribution in [1.82, 2.24) is 0 Å². The van der Waals surface area contributed by atoms with Crippen LogP contribution in [0.15, 0.2) is 32.1 Å². The van der Waals surface area contributed by atoms with E-state index in [1.807, 2.05) is 0 Å². The minimum Gasteiger partial charge on any atom is -0.463 e. The van der Waals surface area contributed by atoms with Crippen LogP contribution in [-0.4, -0.2) is 0 Å². The predicted octanol–water partition coefficient (Wildman–Crippen LogP) is 2.57. The molecule has 1 aromatic heterocycles. The normalized spacial score (nSPS) is 10.2. The fraction of sp³-hybridized carbons (Fsp3) is 0. The lowest BCUT2D eigenvalue weighted by Gasteiger charge is -1.98. The number of fused-ring (bicyclic) bond motifs is 1. The first kappa shape index (κ1) is 9.87. The lowest BCUT2D eigenvalue weighted by molar-refractivity contribution is 0.584. The first-order valence-electron chi connectivity index (χ1n) is 3.94. The lowest BCUT2D eigenvalue weighted by Crippen LogP contribution is -2.05. The van der Waals surface area contributed by atoms with Gasteiger partial charge in [-0.1, -0.05) is 0 Å². The Morgan fingerprint density at radius 2 is 2.20 bits per heavy atom. The molecule has 0 atom stereocenters. The first-order valence-corrected chi connectivity index (χ1v) is 4.73. The Morgan fingerprint density at radius 3 is 2.87 bits per heavy atom. The third-order valence-corrected chi connectivity index (χ3v) is 2.54. The fourth-order valence-electron chi connectivity index (χ4n) is 1.20. The van der Waals surface area contributed by atoms with E-state index in [0.29, 0.717) is 0 Å². The summed E-state index contributed by atoms with van der Waals surface area (Å²) in [4.78, 5) is 11.6. The van der Waals surface area contributed by atoms with Gasteiger partial charge in [0.1, 0.15) is 29.3 Å². The zero-order valence-corrected chi connectivity index (χ0v) is 8.84. The molecule has 3 nitrogen and oxygen atoms in total. The minimum absolute atomic E-state index is 0.0963. The summed E-state index contributed by atoms with van der Waals surface area (Å²) in [5.41, 5.74) is -0.430. The first-order chi connectivity index (χ1) is 7.13. The van der Waals surface area contributed by atoms with Crippen molar-refractivity contribution in [3.8, 4) is 6.07 Å². The van der Waals surface area contributed by atoms with E-state index in [9.17, 15) is 9.18 Å².